The fourth-order valence-electron chi connectivity index (χ4n) is 4.65. The average molecular weight is 381 g/mol. The first-order chi connectivity index (χ1) is 12.2. The minimum Gasteiger partial charge on any atom is -0.490 e. The summed E-state index contributed by atoms with van der Waals surface area (Å²) in [5.74, 6) is 2.93. The zero-order valence-corrected chi connectivity index (χ0v) is 15.9. The predicted molar refractivity (Wildman–Crippen MR) is 103 cm³/mol. The second kappa shape index (κ2) is 8.49. The van der Waals surface area contributed by atoms with Crippen molar-refractivity contribution in [3.05, 3.63) is 23.8 Å². The summed E-state index contributed by atoms with van der Waals surface area (Å²) in [6.07, 6.45) is 6.43. The topological polar surface area (TPSA) is 73.6 Å². The molecule has 1 amide bonds. The molecule has 3 N–H and O–H groups in total. The van der Waals surface area contributed by atoms with Gasteiger partial charge in [0, 0.05) is 24.9 Å². The maximum Gasteiger partial charge on any atom is 0.223 e. The van der Waals surface area contributed by atoms with Gasteiger partial charge in [-0.3, -0.25) is 4.79 Å². The standard InChI is InChI=1S/C20H28N2O3.ClH/c21-19-14-3-1-4-15(19)11-16(10-14)20(23)22-12-13-5-6-17-18(9-13)25-8-2-7-24-17;/h5-6,9,14-16,19H,1-4,7-8,10-12,21H2,(H,22,23);1H. The summed E-state index contributed by atoms with van der Waals surface area (Å²) in [5, 5.41) is 3.12. The van der Waals surface area contributed by atoms with Gasteiger partial charge in [0.1, 0.15) is 0 Å². The van der Waals surface area contributed by atoms with Gasteiger partial charge in [-0.2, -0.15) is 0 Å². The van der Waals surface area contributed by atoms with Gasteiger partial charge in [-0.1, -0.05) is 12.5 Å². The zero-order valence-electron chi connectivity index (χ0n) is 15.1. The van der Waals surface area contributed by atoms with Gasteiger partial charge in [-0.25, -0.2) is 0 Å². The number of amides is 1. The van der Waals surface area contributed by atoms with Gasteiger partial charge in [0.05, 0.1) is 13.2 Å². The van der Waals surface area contributed by atoms with Crippen molar-refractivity contribution in [2.24, 2.45) is 23.5 Å². The molecule has 0 radical (unpaired) electrons. The van der Waals surface area contributed by atoms with E-state index in [1.807, 2.05) is 18.2 Å². The molecule has 0 aromatic heterocycles. The van der Waals surface area contributed by atoms with E-state index < -0.39 is 0 Å². The van der Waals surface area contributed by atoms with Crippen LogP contribution in [0.4, 0.5) is 0 Å². The van der Waals surface area contributed by atoms with E-state index in [-0.39, 0.29) is 24.2 Å². The third kappa shape index (κ3) is 4.09. The molecule has 2 aliphatic carbocycles. The molecule has 2 saturated carbocycles. The van der Waals surface area contributed by atoms with Crippen LogP contribution in [0.25, 0.3) is 0 Å². The lowest BCUT2D eigenvalue weighted by atomic mass is 9.65. The van der Waals surface area contributed by atoms with E-state index >= 15 is 0 Å². The van der Waals surface area contributed by atoms with E-state index in [0.717, 1.165) is 36.3 Å². The molecule has 2 atom stereocenters. The molecule has 1 heterocycles. The lowest BCUT2D eigenvalue weighted by molar-refractivity contribution is -0.128. The fourth-order valence-corrected chi connectivity index (χ4v) is 4.65. The minimum absolute atomic E-state index is 0. The molecule has 6 heteroatoms. The SMILES string of the molecule is Cl.NC1C2CCCC1CC(C(=O)NCc1ccc3c(c1)OCCCO3)C2. The van der Waals surface area contributed by atoms with Gasteiger partial charge in [0.2, 0.25) is 5.91 Å². The smallest absolute Gasteiger partial charge is 0.223 e. The van der Waals surface area contributed by atoms with Crippen LogP contribution in [-0.2, 0) is 11.3 Å². The Bertz CT molecular complexity index is 625. The highest BCUT2D eigenvalue weighted by Crippen LogP contribution is 2.42. The average Bonchev–Trinajstić information content (AvgIpc) is 2.84. The summed E-state index contributed by atoms with van der Waals surface area (Å²) < 4.78 is 11.4. The van der Waals surface area contributed by atoms with Crippen LogP contribution < -0.4 is 20.5 Å². The maximum atomic E-state index is 12.6. The first kappa shape index (κ1) is 19.3. The molecule has 3 aliphatic rings. The molecule has 26 heavy (non-hydrogen) atoms. The van der Waals surface area contributed by atoms with Crippen LogP contribution in [0.15, 0.2) is 18.2 Å². The van der Waals surface area contributed by atoms with E-state index in [2.05, 4.69) is 5.32 Å². The molecule has 4 rings (SSSR count). The molecule has 2 bridgehead atoms. The van der Waals surface area contributed by atoms with Gasteiger partial charge < -0.3 is 20.5 Å². The van der Waals surface area contributed by atoms with Crippen LogP contribution in [0, 0.1) is 17.8 Å². The first-order valence-electron chi connectivity index (χ1n) is 9.62. The predicted octanol–water partition coefficient (Wildman–Crippen LogP) is 3.04. The second-order valence-corrected chi connectivity index (χ2v) is 7.75. The number of benzene rings is 1. The third-order valence-electron chi connectivity index (χ3n) is 6.06. The Balaban J connectivity index is 0.00000196. The van der Waals surface area contributed by atoms with E-state index in [9.17, 15) is 4.79 Å². The summed E-state index contributed by atoms with van der Waals surface area (Å²) >= 11 is 0. The largest absolute Gasteiger partial charge is 0.490 e. The first-order valence-corrected chi connectivity index (χ1v) is 9.62. The minimum atomic E-state index is 0. The van der Waals surface area contributed by atoms with E-state index in [1.54, 1.807) is 0 Å². The Hall–Kier alpha value is -1.46. The molecule has 1 aromatic carbocycles. The van der Waals surface area contributed by atoms with Gasteiger partial charge in [-0.05, 0) is 55.2 Å². The number of rotatable bonds is 3. The van der Waals surface area contributed by atoms with Crippen LogP contribution in [0.5, 0.6) is 11.5 Å². The normalized spacial score (nSPS) is 29.9. The third-order valence-corrected chi connectivity index (χ3v) is 6.06. The summed E-state index contributed by atoms with van der Waals surface area (Å²) in [5.41, 5.74) is 7.38. The molecule has 0 saturated heterocycles. The number of carbonyl (C=O) groups excluding carboxylic acids is 1. The van der Waals surface area contributed by atoms with Crippen molar-refractivity contribution >= 4 is 18.3 Å². The second-order valence-electron chi connectivity index (χ2n) is 7.75. The molecule has 0 spiro atoms. The lowest BCUT2D eigenvalue weighted by Gasteiger charge is -2.43. The highest BCUT2D eigenvalue weighted by atomic mass is 35.5. The number of halogens is 1. The number of fused-ring (bicyclic) bond motifs is 3. The van der Waals surface area contributed by atoms with E-state index in [0.29, 0.717) is 37.6 Å². The van der Waals surface area contributed by atoms with Crippen molar-refractivity contribution < 1.29 is 14.3 Å². The number of nitrogens with two attached hydrogens (primary N) is 1. The summed E-state index contributed by atoms with van der Waals surface area (Å²) in [6, 6.07) is 6.22. The summed E-state index contributed by atoms with van der Waals surface area (Å²) in [7, 11) is 0. The molecule has 5 nitrogen and oxygen atoms in total. The zero-order chi connectivity index (χ0) is 17.2. The van der Waals surface area contributed by atoms with Crippen molar-refractivity contribution in [3.8, 4) is 11.5 Å². The monoisotopic (exact) mass is 380 g/mol. The van der Waals surface area contributed by atoms with Crippen LogP contribution in [0.2, 0.25) is 0 Å². The highest BCUT2D eigenvalue weighted by molar-refractivity contribution is 5.85. The van der Waals surface area contributed by atoms with Gasteiger partial charge in [0.15, 0.2) is 11.5 Å². The number of hydrogen-bond donors (Lipinski definition) is 2. The van der Waals surface area contributed by atoms with Crippen molar-refractivity contribution in [3.63, 3.8) is 0 Å². The lowest BCUT2D eigenvalue weighted by Crippen LogP contribution is -2.49. The van der Waals surface area contributed by atoms with E-state index in [1.165, 1.54) is 19.3 Å². The molecule has 2 fully saturated rings. The highest BCUT2D eigenvalue weighted by Gasteiger charge is 2.40. The van der Waals surface area contributed by atoms with Gasteiger partial charge in [-0.15, -0.1) is 12.4 Å². The Morgan fingerprint density at radius 3 is 2.50 bits per heavy atom. The van der Waals surface area contributed by atoms with Gasteiger partial charge >= 0.3 is 0 Å². The van der Waals surface area contributed by atoms with Crippen molar-refractivity contribution in [2.45, 2.75) is 51.1 Å². The number of carbonyl (C=O) groups is 1. The number of hydrogen-bond acceptors (Lipinski definition) is 4. The summed E-state index contributed by atoms with van der Waals surface area (Å²) in [6.45, 7) is 1.90. The molecular weight excluding hydrogens is 352 g/mol. The molecule has 1 aliphatic heterocycles. The Kier molecular flexibility index (Phi) is 6.30. The molecule has 144 valence electrons. The molecule has 2 unspecified atom stereocenters. The Morgan fingerprint density at radius 1 is 1.08 bits per heavy atom. The van der Waals surface area contributed by atoms with Crippen LogP contribution in [0.3, 0.4) is 0 Å². The van der Waals surface area contributed by atoms with E-state index in [4.69, 9.17) is 15.2 Å². The van der Waals surface area contributed by atoms with Gasteiger partial charge in [0.25, 0.3) is 0 Å². The maximum absolute atomic E-state index is 12.6. The Morgan fingerprint density at radius 2 is 1.77 bits per heavy atom. The molecule has 1 aromatic rings. The Labute approximate surface area is 161 Å². The number of nitrogens with one attached hydrogen (secondary N) is 1. The van der Waals surface area contributed by atoms with Crippen molar-refractivity contribution in [2.75, 3.05) is 13.2 Å². The van der Waals surface area contributed by atoms with Crippen LogP contribution in [-0.4, -0.2) is 25.2 Å². The van der Waals surface area contributed by atoms with Crippen molar-refractivity contribution in [1.29, 1.82) is 0 Å². The van der Waals surface area contributed by atoms with Crippen molar-refractivity contribution in [1.82, 2.24) is 5.32 Å². The van der Waals surface area contributed by atoms with Crippen LogP contribution >= 0.6 is 12.4 Å². The quantitative estimate of drug-likeness (QED) is 0.845. The fraction of sp³-hybridized carbons (Fsp3) is 0.650. The molecular formula is C20H29ClN2O3. The van der Waals surface area contributed by atoms with Crippen LogP contribution in [0.1, 0.15) is 44.1 Å². The number of ether oxygens (including phenoxy) is 2. The summed E-state index contributed by atoms with van der Waals surface area (Å²) in [4.78, 5) is 12.6.